The van der Waals surface area contributed by atoms with Gasteiger partial charge in [-0.1, -0.05) is 17.7 Å². The number of nitrogens with zero attached hydrogens (tertiary/aromatic N) is 1. The van der Waals surface area contributed by atoms with Crippen molar-refractivity contribution in [3.8, 4) is 5.75 Å². The number of amides is 1. The number of aliphatic hydroxyl groups is 1. The minimum atomic E-state index is -0.924. The first-order valence-corrected chi connectivity index (χ1v) is 10.4. The second-order valence-electron chi connectivity index (χ2n) is 7.74. The normalized spacial score (nSPS) is 17.8. The van der Waals surface area contributed by atoms with Crippen molar-refractivity contribution in [1.29, 1.82) is 0 Å². The number of ketones is 1. The molecule has 6 nitrogen and oxygen atoms in total. The lowest BCUT2D eigenvalue weighted by molar-refractivity contribution is -0.132. The fraction of sp³-hybridized carbons (Fsp3) is 0.200. The zero-order chi connectivity index (χ0) is 23.2. The number of methoxy groups -OCH3 is 1. The quantitative estimate of drug-likeness (QED) is 0.322. The summed E-state index contributed by atoms with van der Waals surface area (Å²) in [5, 5.41) is 11.5. The SMILES string of the molecule is COc1cc(/C(O)=C2/C(=O)C(=O)N(c3ccc(C)c(C)c3)C2c2ccc(C)o2)ccc1Cl. The number of rotatable bonds is 4. The minimum absolute atomic E-state index is 0.0630. The van der Waals surface area contributed by atoms with E-state index in [-0.39, 0.29) is 11.3 Å². The predicted molar refractivity (Wildman–Crippen MR) is 122 cm³/mol. The van der Waals surface area contributed by atoms with Crippen LogP contribution in [0.5, 0.6) is 5.75 Å². The standard InChI is InChI=1S/C25H22ClNO5/c1-13-5-8-17(11-14(13)2)27-22(19-10-6-15(3)32-19)21(24(29)25(27)30)23(28)16-7-9-18(26)20(12-16)31-4/h5-12,22,28H,1-4H3/b23-21-. The van der Waals surface area contributed by atoms with Gasteiger partial charge in [-0.15, -0.1) is 0 Å². The smallest absolute Gasteiger partial charge is 0.300 e. The average Bonchev–Trinajstić information content (AvgIpc) is 3.31. The van der Waals surface area contributed by atoms with Crippen LogP contribution >= 0.6 is 11.6 Å². The van der Waals surface area contributed by atoms with Gasteiger partial charge in [-0.25, -0.2) is 0 Å². The van der Waals surface area contributed by atoms with Gasteiger partial charge < -0.3 is 14.3 Å². The number of benzene rings is 2. The van der Waals surface area contributed by atoms with Gasteiger partial charge in [-0.05, 0) is 74.4 Å². The lowest BCUT2D eigenvalue weighted by atomic mass is 9.99. The lowest BCUT2D eigenvalue weighted by Crippen LogP contribution is -2.29. The summed E-state index contributed by atoms with van der Waals surface area (Å²) in [6, 6.07) is 12.7. The van der Waals surface area contributed by atoms with Crippen LogP contribution in [0.1, 0.15) is 34.3 Å². The predicted octanol–water partition coefficient (Wildman–Crippen LogP) is 5.49. The molecule has 0 radical (unpaired) electrons. The summed E-state index contributed by atoms with van der Waals surface area (Å²) in [4.78, 5) is 27.7. The van der Waals surface area contributed by atoms with Crippen molar-refractivity contribution >= 4 is 34.7 Å². The molecule has 1 amide bonds. The maximum absolute atomic E-state index is 13.2. The molecule has 1 fully saturated rings. The van der Waals surface area contributed by atoms with E-state index in [1.54, 1.807) is 37.3 Å². The molecule has 1 saturated heterocycles. The number of hydrogen-bond acceptors (Lipinski definition) is 5. The van der Waals surface area contributed by atoms with E-state index in [1.807, 2.05) is 26.0 Å². The Morgan fingerprint density at radius 3 is 2.41 bits per heavy atom. The molecule has 1 aliphatic rings. The molecule has 0 bridgehead atoms. The molecular weight excluding hydrogens is 430 g/mol. The fourth-order valence-corrected chi connectivity index (χ4v) is 4.00. The third kappa shape index (κ3) is 3.56. The van der Waals surface area contributed by atoms with E-state index in [0.717, 1.165) is 11.1 Å². The minimum Gasteiger partial charge on any atom is -0.507 e. The molecule has 164 valence electrons. The Bertz CT molecular complexity index is 1270. The Labute approximate surface area is 190 Å². The summed E-state index contributed by atoms with van der Waals surface area (Å²) in [6.07, 6.45) is 0. The molecule has 4 rings (SSSR count). The zero-order valence-electron chi connectivity index (χ0n) is 18.1. The number of carbonyl (C=O) groups is 2. The van der Waals surface area contributed by atoms with E-state index in [2.05, 4.69) is 0 Å². The van der Waals surface area contributed by atoms with Crippen molar-refractivity contribution in [2.75, 3.05) is 12.0 Å². The van der Waals surface area contributed by atoms with E-state index in [1.165, 1.54) is 18.1 Å². The largest absolute Gasteiger partial charge is 0.507 e. The molecule has 0 spiro atoms. The van der Waals surface area contributed by atoms with Crippen molar-refractivity contribution in [3.63, 3.8) is 0 Å². The highest BCUT2D eigenvalue weighted by atomic mass is 35.5. The van der Waals surface area contributed by atoms with Gasteiger partial charge in [0.2, 0.25) is 0 Å². The topological polar surface area (TPSA) is 80.0 Å². The number of hydrogen-bond donors (Lipinski definition) is 1. The molecule has 1 atom stereocenters. The Morgan fingerprint density at radius 2 is 1.78 bits per heavy atom. The molecule has 3 aromatic rings. The van der Waals surface area contributed by atoms with Gasteiger partial charge in [-0.2, -0.15) is 0 Å². The number of ether oxygens (including phenoxy) is 1. The van der Waals surface area contributed by atoms with E-state index in [4.69, 9.17) is 20.8 Å². The summed E-state index contributed by atoms with van der Waals surface area (Å²) in [7, 11) is 1.45. The first kappa shape index (κ1) is 21.7. The van der Waals surface area contributed by atoms with Crippen LogP contribution in [0, 0.1) is 20.8 Å². The maximum atomic E-state index is 13.2. The van der Waals surface area contributed by atoms with Gasteiger partial charge in [0.1, 0.15) is 29.1 Å². The Balaban J connectivity index is 1.94. The fourth-order valence-electron chi connectivity index (χ4n) is 3.81. The molecular formula is C25H22ClNO5. The maximum Gasteiger partial charge on any atom is 0.300 e. The van der Waals surface area contributed by atoms with Crippen LogP contribution in [-0.2, 0) is 9.59 Å². The van der Waals surface area contributed by atoms with Crippen LogP contribution in [0.15, 0.2) is 58.5 Å². The Morgan fingerprint density at radius 1 is 1.03 bits per heavy atom. The summed E-state index contributed by atoms with van der Waals surface area (Å²) >= 11 is 6.10. The first-order valence-electron chi connectivity index (χ1n) is 10.0. The number of aryl methyl sites for hydroxylation is 3. The summed E-state index contributed by atoms with van der Waals surface area (Å²) in [6.45, 7) is 5.67. The van der Waals surface area contributed by atoms with Crippen LogP contribution in [0.4, 0.5) is 5.69 Å². The van der Waals surface area contributed by atoms with Gasteiger partial charge in [0.15, 0.2) is 0 Å². The highest BCUT2D eigenvalue weighted by Gasteiger charge is 2.48. The number of aliphatic hydroxyl groups excluding tert-OH is 1. The van der Waals surface area contributed by atoms with Crippen molar-refractivity contribution in [3.05, 3.63) is 87.3 Å². The van der Waals surface area contributed by atoms with Crippen LogP contribution in [0.25, 0.3) is 5.76 Å². The molecule has 1 aromatic heterocycles. The monoisotopic (exact) mass is 451 g/mol. The van der Waals surface area contributed by atoms with Gasteiger partial charge in [0.05, 0.1) is 17.7 Å². The lowest BCUT2D eigenvalue weighted by Gasteiger charge is -2.24. The van der Waals surface area contributed by atoms with Gasteiger partial charge in [0, 0.05) is 11.3 Å². The number of furan rings is 1. The van der Waals surface area contributed by atoms with Crippen LogP contribution in [0.3, 0.4) is 0 Å². The zero-order valence-corrected chi connectivity index (χ0v) is 18.9. The van der Waals surface area contributed by atoms with Crippen molar-refractivity contribution in [1.82, 2.24) is 0 Å². The molecule has 1 N–H and O–H groups in total. The van der Waals surface area contributed by atoms with Crippen molar-refractivity contribution in [2.45, 2.75) is 26.8 Å². The van der Waals surface area contributed by atoms with Gasteiger partial charge in [-0.3, -0.25) is 14.5 Å². The Kier molecular flexibility index (Phi) is 5.57. The molecule has 1 unspecified atom stereocenters. The summed E-state index contributed by atoms with van der Waals surface area (Å²) in [5.41, 5.74) is 2.82. The third-order valence-corrected chi connectivity index (χ3v) is 5.98. The van der Waals surface area contributed by atoms with Gasteiger partial charge >= 0.3 is 0 Å². The van der Waals surface area contributed by atoms with Crippen LogP contribution < -0.4 is 9.64 Å². The average molecular weight is 452 g/mol. The van der Waals surface area contributed by atoms with E-state index < -0.39 is 17.7 Å². The number of anilines is 1. The number of halogens is 1. The van der Waals surface area contributed by atoms with E-state index in [9.17, 15) is 14.7 Å². The highest BCUT2D eigenvalue weighted by Crippen LogP contribution is 2.43. The third-order valence-electron chi connectivity index (χ3n) is 5.67. The molecule has 0 saturated carbocycles. The van der Waals surface area contributed by atoms with Crippen LogP contribution in [0.2, 0.25) is 5.02 Å². The van der Waals surface area contributed by atoms with Crippen LogP contribution in [-0.4, -0.2) is 23.9 Å². The van der Waals surface area contributed by atoms with E-state index >= 15 is 0 Å². The molecule has 2 heterocycles. The molecule has 2 aromatic carbocycles. The molecule has 0 aliphatic carbocycles. The first-order chi connectivity index (χ1) is 15.2. The molecule has 7 heteroatoms. The second-order valence-corrected chi connectivity index (χ2v) is 8.14. The van der Waals surface area contributed by atoms with E-state index in [0.29, 0.717) is 33.5 Å². The van der Waals surface area contributed by atoms with Gasteiger partial charge in [0.25, 0.3) is 11.7 Å². The second kappa shape index (κ2) is 8.20. The summed E-state index contributed by atoms with van der Waals surface area (Å²) in [5.74, 6) is -0.530. The molecule has 32 heavy (non-hydrogen) atoms. The number of Topliss-reactive ketones (excluding diaryl/α,β-unsaturated/α-hetero) is 1. The van der Waals surface area contributed by atoms with Crippen molar-refractivity contribution in [2.24, 2.45) is 0 Å². The summed E-state index contributed by atoms with van der Waals surface area (Å²) < 4.78 is 11.0. The number of carbonyl (C=O) groups excluding carboxylic acids is 2. The highest BCUT2D eigenvalue weighted by molar-refractivity contribution is 6.51. The Hall–Kier alpha value is -3.51. The molecule has 1 aliphatic heterocycles. The van der Waals surface area contributed by atoms with Crippen molar-refractivity contribution < 1.29 is 23.8 Å².